The third kappa shape index (κ3) is 2.91. The van der Waals surface area contributed by atoms with Crippen molar-refractivity contribution in [2.45, 2.75) is 51.2 Å². The van der Waals surface area contributed by atoms with E-state index in [2.05, 4.69) is 46.8 Å². The van der Waals surface area contributed by atoms with Crippen LogP contribution >= 0.6 is 0 Å². The Morgan fingerprint density at radius 1 is 0.958 bits per heavy atom. The van der Waals surface area contributed by atoms with Crippen molar-refractivity contribution in [3.05, 3.63) is 42.6 Å². The number of fused-ring (bicyclic) bond motifs is 2. The molecular formula is C20H26N4. The summed E-state index contributed by atoms with van der Waals surface area (Å²) in [5, 5.41) is 0. The molecule has 0 spiro atoms. The van der Waals surface area contributed by atoms with Gasteiger partial charge in [0, 0.05) is 37.4 Å². The van der Waals surface area contributed by atoms with E-state index in [0.717, 1.165) is 36.3 Å². The molecule has 0 N–H and O–H groups in total. The van der Waals surface area contributed by atoms with Crippen LogP contribution in [-0.2, 0) is 0 Å². The SMILES string of the molecule is CC(C)N1C2CCC1CN(c1cccc(-c3ccccn3)n1)CC2. The molecule has 2 aromatic heterocycles. The minimum Gasteiger partial charge on any atom is -0.355 e. The Morgan fingerprint density at radius 3 is 2.58 bits per heavy atom. The zero-order chi connectivity index (χ0) is 16.5. The average molecular weight is 322 g/mol. The van der Waals surface area contributed by atoms with Crippen molar-refractivity contribution in [1.29, 1.82) is 0 Å². The van der Waals surface area contributed by atoms with Gasteiger partial charge in [0.25, 0.3) is 0 Å². The minimum absolute atomic E-state index is 0.635. The molecule has 0 aromatic carbocycles. The predicted octanol–water partition coefficient (Wildman–Crippen LogP) is 3.60. The smallest absolute Gasteiger partial charge is 0.129 e. The van der Waals surface area contributed by atoms with Gasteiger partial charge in [-0.3, -0.25) is 9.88 Å². The number of aromatic nitrogens is 2. The summed E-state index contributed by atoms with van der Waals surface area (Å²) >= 11 is 0. The molecule has 4 heteroatoms. The molecule has 4 heterocycles. The van der Waals surface area contributed by atoms with Gasteiger partial charge in [0.15, 0.2) is 0 Å². The Labute approximate surface area is 144 Å². The molecule has 2 fully saturated rings. The number of hydrogen-bond donors (Lipinski definition) is 0. The molecule has 2 bridgehead atoms. The first-order valence-electron chi connectivity index (χ1n) is 9.13. The Bertz CT molecular complexity index is 685. The fraction of sp³-hybridized carbons (Fsp3) is 0.500. The van der Waals surface area contributed by atoms with Crippen LogP contribution in [0, 0.1) is 0 Å². The van der Waals surface area contributed by atoms with E-state index in [9.17, 15) is 0 Å². The van der Waals surface area contributed by atoms with Crippen LogP contribution in [0.2, 0.25) is 0 Å². The van der Waals surface area contributed by atoms with Crippen molar-refractivity contribution in [3.8, 4) is 11.4 Å². The van der Waals surface area contributed by atoms with E-state index >= 15 is 0 Å². The molecule has 0 radical (unpaired) electrons. The number of pyridine rings is 2. The number of anilines is 1. The summed E-state index contributed by atoms with van der Waals surface area (Å²) in [7, 11) is 0. The second-order valence-corrected chi connectivity index (χ2v) is 7.26. The van der Waals surface area contributed by atoms with Gasteiger partial charge in [0.1, 0.15) is 5.82 Å². The molecule has 2 unspecified atom stereocenters. The molecule has 24 heavy (non-hydrogen) atoms. The Hall–Kier alpha value is -1.94. The first-order valence-corrected chi connectivity index (χ1v) is 9.13. The maximum Gasteiger partial charge on any atom is 0.129 e. The highest BCUT2D eigenvalue weighted by atomic mass is 15.3. The highest BCUT2D eigenvalue weighted by Gasteiger charge is 2.38. The summed E-state index contributed by atoms with van der Waals surface area (Å²) in [5.74, 6) is 1.09. The fourth-order valence-electron chi connectivity index (χ4n) is 4.42. The van der Waals surface area contributed by atoms with Crippen LogP contribution in [0.5, 0.6) is 0 Å². The lowest BCUT2D eigenvalue weighted by Gasteiger charge is -2.32. The highest BCUT2D eigenvalue weighted by Crippen LogP contribution is 2.33. The lowest BCUT2D eigenvalue weighted by molar-refractivity contribution is 0.158. The van der Waals surface area contributed by atoms with Crippen molar-refractivity contribution in [3.63, 3.8) is 0 Å². The maximum absolute atomic E-state index is 4.91. The minimum atomic E-state index is 0.635. The van der Waals surface area contributed by atoms with E-state index in [0.29, 0.717) is 12.1 Å². The zero-order valence-corrected chi connectivity index (χ0v) is 14.6. The topological polar surface area (TPSA) is 32.3 Å². The van der Waals surface area contributed by atoms with Crippen molar-refractivity contribution in [1.82, 2.24) is 14.9 Å². The van der Waals surface area contributed by atoms with Gasteiger partial charge in [-0.2, -0.15) is 0 Å². The van der Waals surface area contributed by atoms with Crippen LogP contribution in [0.25, 0.3) is 11.4 Å². The quantitative estimate of drug-likeness (QED) is 0.864. The third-order valence-electron chi connectivity index (χ3n) is 5.42. The molecule has 0 aliphatic carbocycles. The van der Waals surface area contributed by atoms with Gasteiger partial charge >= 0.3 is 0 Å². The van der Waals surface area contributed by atoms with Crippen LogP contribution in [0.3, 0.4) is 0 Å². The Morgan fingerprint density at radius 2 is 1.79 bits per heavy atom. The molecule has 4 nitrogen and oxygen atoms in total. The number of rotatable bonds is 3. The van der Waals surface area contributed by atoms with Gasteiger partial charge in [-0.25, -0.2) is 4.98 Å². The zero-order valence-electron chi connectivity index (χ0n) is 14.6. The first kappa shape index (κ1) is 15.6. The van der Waals surface area contributed by atoms with Gasteiger partial charge < -0.3 is 4.90 Å². The van der Waals surface area contributed by atoms with Crippen LogP contribution < -0.4 is 4.90 Å². The molecule has 0 amide bonds. The molecule has 2 aliphatic heterocycles. The molecule has 4 rings (SSSR count). The van der Waals surface area contributed by atoms with E-state index in [1.54, 1.807) is 0 Å². The van der Waals surface area contributed by atoms with E-state index in [-0.39, 0.29) is 0 Å². The van der Waals surface area contributed by atoms with E-state index in [1.165, 1.54) is 19.3 Å². The van der Waals surface area contributed by atoms with Crippen molar-refractivity contribution in [2.24, 2.45) is 0 Å². The van der Waals surface area contributed by atoms with Gasteiger partial charge in [-0.15, -0.1) is 0 Å². The highest BCUT2D eigenvalue weighted by molar-refractivity contribution is 5.57. The van der Waals surface area contributed by atoms with Crippen molar-refractivity contribution < 1.29 is 0 Å². The van der Waals surface area contributed by atoms with Gasteiger partial charge in [0.2, 0.25) is 0 Å². The molecular weight excluding hydrogens is 296 g/mol. The summed E-state index contributed by atoms with van der Waals surface area (Å²) in [6.07, 6.45) is 5.75. The lowest BCUT2D eigenvalue weighted by Crippen LogP contribution is -2.43. The second-order valence-electron chi connectivity index (χ2n) is 7.26. The van der Waals surface area contributed by atoms with Gasteiger partial charge in [0.05, 0.1) is 11.4 Å². The summed E-state index contributed by atoms with van der Waals surface area (Å²) < 4.78 is 0. The summed E-state index contributed by atoms with van der Waals surface area (Å²) in [6.45, 7) is 6.86. The van der Waals surface area contributed by atoms with Crippen molar-refractivity contribution in [2.75, 3.05) is 18.0 Å². The Balaban J connectivity index is 1.59. The number of hydrogen-bond acceptors (Lipinski definition) is 4. The summed E-state index contributed by atoms with van der Waals surface area (Å²) in [6, 6.07) is 14.3. The standard InChI is InChI=1S/C20H26N4/c1-15(2)24-16-9-10-17(24)14-23(13-11-16)20-8-5-7-19(22-20)18-6-3-4-12-21-18/h3-8,12,15-17H,9-11,13-14H2,1-2H3. The molecule has 2 aliphatic rings. The third-order valence-corrected chi connectivity index (χ3v) is 5.42. The van der Waals surface area contributed by atoms with E-state index in [1.807, 2.05) is 24.4 Å². The Kier molecular flexibility index (Phi) is 4.23. The monoisotopic (exact) mass is 322 g/mol. The maximum atomic E-state index is 4.91. The molecule has 0 saturated carbocycles. The average Bonchev–Trinajstić information content (AvgIpc) is 2.90. The largest absolute Gasteiger partial charge is 0.355 e. The number of nitrogens with zero attached hydrogens (tertiary/aromatic N) is 4. The van der Waals surface area contributed by atoms with E-state index in [4.69, 9.17) is 4.98 Å². The molecule has 2 aromatic rings. The summed E-state index contributed by atoms with van der Waals surface area (Å²) in [5.41, 5.74) is 1.91. The second kappa shape index (κ2) is 6.52. The van der Waals surface area contributed by atoms with E-state index < -0.39 is 0 Å². The van der Waals surface area contributed by atoms with Crippen LogP contribution in [0.15, 0.2) is 42.6 Å². The van der Waals surface area contributed by atoms with Crippen LogP contribution in [0.4, 0.5) is 5.82 Å². The van der Waals surface area contributed by atoms with Gasteiger partial charge in [-0.1, -0.05) is 12.1 Å². The lowest BCUT2D eigenvalue weighted by atomic mass is 10.1. The fourth-order valence-corrected chi connectivity index (χ4v) is 4.42. The first-order chi connectivity index (χ1) is 11.7. The van der Waals surface area contributed by atoms with Gasteiger partial charge in [-0.05, 0) is 57.4 Å². The predicted molar refractivity (Wildman–Crippen MR) is 98.1 cm³/mol. The molecule has 2 atom stereocenters. The molecule has 2 saturated heterocycles. The van der Waals surface area contributed by atoms with Crippen LogP contribution in [0.1, 0.15) is 33.1 Å². The molecule has 126 valence electrons. The van der Waals surface area contributed by atoms with Crippen LogP contribution in [-0.4, -0.2) is 46.1 Å². The summed E-state index contributed by atoms with van der Waals surface area (Å²) in [4.78, 5) is 14.6. The van der Waals surface area contributed by atoms with Crippen molar-refractivity contribution >= 4 is 5.82 Å². The normalized spacial score (nSPS) is 24.4.